The first-order valence-electron chi connectivity index (χ1n) is 11.4. The minimum absolute atomic E-state index is 0.0993. The van der Waals surface area contributed by atoms with Gasteiger partial charge in [-0.2, -0.15) is 0 Å². The number of aromatic nitrogens is 3. The van der Waals surface area contributed by atoms with Gasteiger partial charge in [0.25, 0.3) is 5.56 Å². The second kappa shape index (κ2) is 9.40. The van der Waals surface area contributed by atoms with Gasteiger partial charge in [-0.05, 0) is 68.0 Å². The van der Waals surface area contributed by atoms with Crippen LogP contribution in [0.5, 0.6) is 0 Å². The van der Waals surface area contributed by atoms with Gasteiger partial charge in [0.2, 0.25) is 0 Å². The molecule has 0 amide bonds. The lowest BCUT2D eigenvalue weighted by Crippen LogP contribution is -2.20. The lowest BCUT2D eigenvalue weighted by Gasteiger charge is -2.12. The predicted octanol–water partition coefficient (Wildman–Crippen LogP) is 5.91. The van der Waals surface area contributed by atoms with Crippen LogP contribution in [0.2, 0.25) is 0 Å². The third-order valence-corrected chi connectivity index (χ3v) is 7.13. The molecule has 2 aromatic carbocycles. The first-order valence-corrected chi connectivity index (χ1v) is 12.3. The molecule has 0 aliphatic rings. The normalized spacial score (nSPS) is 12.2. The van der Waals surface area contributed by atoms with Crippen LogP contribution in [0, 0.1) is 26.7 Å². The number of hydrogen-bond donors (Lipinski definition) is 0. The molecule has 6 heteroatoms. The van der Waals surface area contributed by atoms with E-state index in [0.717, 1.165) is 34.8 Å². The summed E-state index contributed by atoms with van der Waals surface area (Å²) in [5, 5.41) is 2.16. The molecule has 0 saturated heterocycles. The predicted molar refractivity (Wildman–Crippen MR) is 138 cm³/mol. The van der Waals surface area contributed by atoms with E-state index in [-0.39, 0.29) is 5.56 Å². The number of rotatable bonds is 6. The quantitative estimate of drug-likeness (QED) is 0.353. The standard InChI is InChI=1S/C27H32N4OS/c1-18(2)14-15-30-24(22-13-12-19(3)20(4)16-22)17-33-27(30)28-25-21(5)29(6)31(26(25)32)23-10-8-7-9-11-23/h7-13,16-18H,14-15H2,1-6H3. The van der Waals surface area contributed by atoms with Crippen molar-refractivity contribution in [3.8, 4) is 16.9 Å². The molecule has 172 valence electrons. The smallest absolute Gasteiger partial charge is 0.297 e. The topological polar surface area (TPSA) is 44.2 Å². The first kappa shape index (κ1) is 23.1. The van der Waals surface area contributed by atoms with Crippen LogP contribution in [0.1, 0.15) is 37.1 Å². The van der Waals surface area contributed by atoms with Gasteiger partial charge in [-0.15, -0.1) is 11.3 Å². The molecule has 0 saturated carbocycles. The van der Waals surface area contributed by atoms with E-state index in [2.05, 4.69) is 55.8 Å². The van der Waals surface area contributed by atoms with E-state index < -0.39 is 0 Å². The highest BCUT2D eigenvalue weighted by atomic mass is 32.1. The van der Waals surface area contributed by atoms with Crippen molar-refractivity contribution in [2.75, 3.05) is 0 Å². The Morgan fingerprint density at radius 2 is 1.73 bits per heavy atom. The van der Waals surface area contributed by atoms with Crippen LogP contribution in [0.25, 0.3) is 16.9 Å². The van der Waals surface area contributed by atoms with Gasteiger partial charge in [0.15, 0.2) is 10.5 Å². The lowest BCUT2D eigenvalue weighted by atomic mass is 10.0. The number of para-hydroxylation sites is 1. The van der Waals surface area contributed by atoms with E-state index in [4.69, 9.17) is 4.99 Å². The molecule has 0 aliphatic carbocycles. The Kier molecular flexibility index (Phi) is 6.56. The summed E-state index contributed by atoms with van der Waals surface area (Å²) in [6.07, 6.45) is 1.05. The Morgan fingerprint density at radius 3 is 2.39 bits per heavy atom. The molecule has 33 heavy (non-hydrogen) atoms. The van der Waals surface area contributed by atoms with E-state index in [1.54, 1.807) is 16.0 Å². The van der Waals surface area contributed by atoms with Crippen LogP contribution in [-0.4, -0.2) is 13.9 Å². The maximum atomic E-state index is 13.4. The summed E-state index contributed by atoms with van der Waals surface area (Å²) < 4.78 is 5.84. The van der Waals surface area contributed by atoms with Gasteiger partial charge in [0.05, 0.1) is 17.1 Å². The fourth-order valence-electron chi connectivity index (χ4n) is 3.93. The zero-order valence-electron chi connectivity index (χ0n) is 20.3. The highest BCUT2D eigenvalue weighted by Gasteiger charge is 2.17. The number of hydrogen-bond acceptors (Lipinski definition) is 3. The van der Waals surface area contributed by atoms with Gasteiger partial charge in [-0.25, -0.2) is 9.67 Å². The zero-order valence-corrected chi connectivity index (χ0v) is 21.1. The van der Waals surface area contributed by atoms with Gasteiger partial charge in [-0.3, -0.25) is 9.48 Å². The molecule has 0 fully saturated rings. The third kappa shape index (κ3) is 4.53. The van der Waals surface area contributed by atoms with Crippen LogP contribution in [-0.2, 0) is 13.6 Å². The highest BCUT2D eigenvalue weighted by Crippen LogP contribution is 2.24. The van der Waals surface area contributed by atoms with Crippen molar-refractivity contribution >= 4 is 17.0 Å². The number of aryl methyl sites for hydroxylation is 2. The maximum Gasteiger partial charge on any atom is 0.297 e. The van der Waals surface area contributed by atoms with Gasteiger partial charge in [0.1, 0.15) is 0 Å². The average Bonchev–Trinajstić information content (AvgIpc) is 3.29. The van der Waals surface area contributed by atoms with E-state index in [0.29, 0.717) is 11.6 Å². The van der Waals surface area contributed by atoms with E-state index in [9.17, 15) is 4.79 Å². The van der Waals surface area contributed by atoms with Crippen molar-refractivity contribution in [3.63, 3.8) is 0 Å². The summed E-state index contributed by atoms with van der Waals surface area (Å²) >= 11 is 1.59. The van der Waals surface area contributed by atoms with Crippen molar-refractivity contribution < 1.29 is 0 Å². The summed E-state index contributed by atoms with van der Waals surface area (Å²) in [5.74, 6) is 0.576. The van der Waals surface area contributed by atoms with E-state index >= 15 is 0 Å². The van der Waals surface area contributed by atoms with Crippen LogP contribution >= 0.6 is 11.3 Å². The van der Waals surface area contributed by atoms with E-state index in [1.807, 2.05) is 49.0 Å². The monoisotopic (exact) mass is 460 g/mol. The van der Waals surface area contributed by atoms with Gasteiger partial charge >= 0.3 is 0 Å². The molecule has 0 unspecified atom stereocenters. The molecule has 0 radical (unpaired) electrons. The lowest BCUT2D eigenvalue weighted by molar-refractivity contribution is 0.513. The Morgan fingerprint density at radius 1 is 1.00 bits per heavy atom. The second-order valence-electron chi connectivity index (χ2n) is 9.06. The molecule has 0 atom stereocenters. The Bertz CT molecular complexity index is 1400. The molecular formula is C27H32N4OS. The van der Waals surface area contributed by atoms with Gasteiger partial charge in [0, 0.05) is 19.0 Å². The Labute approximate surface area is 199 Å². The number of thiazole rings is 1. The zero-order chi connectivity index (χ0) is 23.7. The summed E-state index contributed by atoms with van der Waals surface area (Å²) in [5.41, 5.74) is 6.98. The largest absolute Gasteiger partial charge is 0.316 e. The first-order chi connectivity index (χ1) is 15.8. The molecular weight excluding hydrogens is 428 g/mol. The maximum absolute atomic E-state index is 13.4. The minimum Gasteiger partial charge on any atom is -0.316 e. The molecule has 2 aromatic heterocycles. The number of nitrogens with zero attached hydrogens (tertiary/aromatic N) is 4. The van der Waals surface area contributed by atoms with Gasteiger partial charge in [-0.1, -0.05) is 44.2 Å². The van der Waals surface area contributed by atoms with Crippen LogP contribution in [0.3, 0.4) is 0 Å². The van der Waals surface area contributed by atoms with Crippen LogP contribution < -0.4 is 10.4 Å². The Balaban J connectivity index is 1.89. The average molecular weight is 461 g/mol. The van der Waals surface area contributed by atoms with Crippen LogP contribution in [0.15, 0.2) is 63.7 Å². The SMILES string of the molecule is Cc1ccc(-c2csc(=Nc3c(C)n(C)n(-c4ccccc4)c3=O)n2CCC(C)C)cc1C. The number of benzene rings is 2. The summed E-state index contributed by atoms with van der Waals surface area (Å²) in [4.78, 5) is 19.2. The molecule has 0 spiro atoms. The molecule has 4 aromatic rings. The summed E-state index contributed by atoms with van der Waals surface area (Å²) in [6.45, 7) is 11.6. The van der Waals surface area contributed by atoms with Crippen LogP contribution in [0.4, 0.5) is 5.69 Å². The second-order valence-corrected chi connectivity index (χ2v) is 9.90. The van der Waals surface area contributed by atoms with Crippen molar-refractivity contribution in [3.05, 3.63) is 85.9 Å². The minimum atomic E-state index is -0.0993. The molecule has 5 nitrogen and oxygen atoms in total. The molecule has 2 heterocycles. The molecule has 0 aliphatic heterocycles. The van der Waals surface area contributed by atoms with Gasteiger partial charge < -0.3 is 4.57 Å². The molecule has 0 N–H and O–H groups in total. The Hall–Kier alpha value is -3.12. The third-order valence-electron chi connectivity index (χ3n) is 6.26. The van der Waals surface area contributed by atoms with E-state index in [1.165, 1.54) is 16.7 Å². The fraction of sp³-hybridized carbons (Fsp3) is 0.333. The summed E-state index contributed by atoms with van der Waals surface area (Å²) in [7, 11) is 1.91. The molecule has 0 bridgehead atoms. The molecule has 4 rings (SSSR count). The van der Waals surface area contributed by atoms with Crippen molar-refractivity contribution in [1.82, 2.24) is 13.9 Å². The van der Waals surface area contributed by atoms with Crippen molar-refractivity contribution in [2.45, 2.75) is 47.6 Å². The van der Waals surface area contributed by atoms with Crippen molar-refractivity contribution in [2.24, 2.45) is 18.0 Å². The highest BCUT2D eigenvalue weighted by molar-refractivity contribution is 7.07. The fourth-order valence-corrected chi connectivity index (χ4v) is 4.87. The summed E-state index contributed by atoms with van der Waals surface area (Å²) in [6, 6.07) is 16.3. The van der Waals surface area contributed by atoms with Crippen molar-refractivity contribution in [1.29, 1.82) is 0 Å².